The van der Waals surface area contributed by atoms with E-state index in [1.165, 1.54) is 44.2 Å². The second-order valence-corrected chi connectivity index (χ2v) is 9.76. The molecule has 0 spiro atoms. The molecule has 2 aromatic heterocycles. The Morgan fingerprint density at radius 1 is 0.828 bits per heavy atom. The smallest absolute Gasteiger partial charge is 0.139 e. The maximum absolute atomic E-state index is 6.70. The van der Waals surface area contributed by atoms with Gasteiger partial charge < -0.3 is 4.42 Å². The van der Waals surface area contributed by atoms with E-state index in [9.17, 15) is 0 Å². The molecule has 2 aromatic carbocycles. The molecule has 0 saturated heterocycles. The minimum atomic E-state index is -0.157. The highest BCUT2D eigenvalue weighted by Crippen LogP contribution is 2.51. The standard InChI is InChI=1S/C27H29NO/c1-14(2)17-8-9-19-22-23-20(11-10-18(15(3)4)26(23)29-25(17)22)27(6,7)21-12-16(5)13-28-24(19)21/h8-15H,1-7H3. The van der Waals surface area contributed by atoms with Crippen molar-refractivity contribution in [3.8, 4) is 11.3 Å². The number of aromatic nitrogens is 1. The fraction of sp³-hybridized carbons (Fsp3) is 0.370. The molecule has 1 aliphatic rings. The van der Waals surface area contributed by atoms with E-state index < -0.39 is 0 Å². The highest BCUT2D eigenvalue weighted by molar-refractivity contribution is 6.16. The van der Waals surface area contributed by atoms with Gasteiger partial charge in [0.15, 0.2) is 0 Å². The largest absolute Gasteiger partial charge is 0.455 e. The van der Waals surface area contributed by atoms with Crippen LogP contribution in [0.1, 0.15) is 81.2 Å². The molecule has 0 unspecified atom stereocenters. The third-order valence-corrected chi connectivity index (χ3v) is 6.70. The fourth-order valence-corrected chi connectivity index (χ4v) is 5.05. The van der Waals surface area contributed by atoms with Crippen molar-refractivity contribution in [3.63, 3.8) is 0 Å². The molecule has 1 aliphatic carbocycles. The number of benzene rings is 2. The van der Waals surface area contributed by atoms with Gasteiger partial charge in [0.2, 0.25) is 0 Å². The number of rotatable bonds is 2. The summed E-state index contributed by atoms with van der Waals surface area (Å²) in [4.78, 5) is 4.94. The molecular formula is C27H29NO. The van der Waals surface area contributed by atoms with Crippen LogP contribution in [0.2, 0.25) is 0 Å². The molecule has 2 heterocycles. The highest BCUT2D eigenvalue weighted by atomic mass is 16.3. The van der Waals surface area contributed by atoms with Crippen LogP contribution in [-0.2, 0) is 5.41 Å². The van der Waals surface area contributed by atoms with Crippen molar-refractivity contribution in [1.29, 1.82) is 0 Å². The van der Waals surface area contributed by atoms with Gasteiger partial charge >= 0.3 is 0 Å². The average Bonchev–Trinajstić information content (AvgIpc) is 3.03. The number of furan rings is 1. The predicted molar refractivity (Wildman–Crippen MR) is 122 cm³/mol. The van der Waals surface area contributed by atoms with Crippen LogP contribution in [0.3, 0.4) is 0 Å². The van der Waals surface area contributed by atoms with Crippen LogP contribution >= 0.6 is 0 Å². The van der Waals surface area contributed by atoms with Crippen molar-refractivity contribution in [1.82, 2.24) is 4.98 Å². The Bertz CT molecular complexity index is 1290. The van der Waals surface area contributed by atoms with E-state index in [-0.39, 0.29) is 5.41 Å². The van der Waals surface area contributed by atoms with Crippen molar-refractivity contribution in [2.24, 2.45) is 0 Å². The summed E-state index contributed by atoms with van der Waals surface area (Å²) in [5.74, 6) is 0.807. The first-order valence-electron chi connectivity index (χ1n) is 10.7. The Balaban J connectivity index is 2.09. The summed E-state index contributed by atoms with van der Waals surface area (Å²) in [6, 6.07) is 11.4. The van der Waals surface area contributed by atoms with Gasteiger partial charge in [-0.25, -0.2) is 0 Å². The Morgan fingerprint density at radius 3 is 2.10 bits per heavy atom. The summed E-state index contributed by atoms with van der Waals surface area (Å²) < 4.78 is 6.70. The van der Waals surface area contributed by atoms with Crippen LogP contribution in [-0.4, -0.2) is 4.98 Å². The van der Waals surface area contributed by atoms with E-state index >= 15 is 0 Å². The molecule has 148 valence electrons. The summed E-state index contributed by atoms with van der Waals surface area (Å²) >= 11 is 0. The molecule has 0 bridgehead atoms. The van der Waals surface area contributed by atoms with Crippen molar-refractivity contribution in [2.75, 3.05) is 0 Å². The monoisotopic (exact) mass is 383 g/mol. The maximum Gasteiger partial charge on any atom is 0.139 e. The van der Waals surface area contributed by atoms with Crippen LogP contribution in [0.5, 0.6) is 0 Å². The van der Waals surface area contributed by atoms with Crippen LogP contribution < -0.4 is 0 Å². The summed E-state index contributed by atoms with van der Waals surface area (Å²) in [7, 11) is 0. The quantitative estimate of drug-likeness (QED) is 0.352. The third kappa shape index (κ3) is 2.38. The van der Waals surface area contributed by atoms with Gasteiger partial charge in [-0.05, 0) is 46.6 Å². The van der Waals surface area contributed by atoms with E-state index in [4.69, 9.17) is 9.40 Å². The zero-order valence-corrected chi connectivity index (χ0v) is 18.5. The summed E-state index contributed by atoms with van der Waals surface area (Å²) in [6.07, 6.45) is 1.99. The Hall–Kier alpha value is -2.61. The van der Waals surface area contributed by atoms with Gasteiger partial charge in [0.1, 0.15) is 11.2 Å². The first kappa shape index (κ1) is 18.4. The Morgan fingerprint density at radius 2 is 1.45 bits per heavy atom. The molecule has 0 saturated carbocycles. The lowest BCUT2D eigenvalue weighted by atomic mass is 9.76. The minimum absolute atomic E-state index is 0.157. The van der Waals surface area contributed by atoms with Gasteiger partial charge in [0, 0.05) is 27.9 Å². The van der Waals surface area contributed by atoms with E-state index in [1.54, 1.807) is 0 Å². The first-order chi connectivity index (χ1) is 13.7. The Labute approximate surface area is 173 Å². The number of hydrogen-bond acceptors (Lipinski definition) is 2. The molecule has 0 aliphatic heterocycles. The zero-order valence-electron chi connectivity index (χ0n) is 18.5. The summed E-state index contributed by atoms with van der Waals surface area (Å²) in [6.45, 7) is 15.8. The van der Waals surface area contributed by atoms with Gasteiger partial charge in [-0.3, -0.25) is 4.98 Å². The molecule has 5 rings (SSSR count). The second kappa shape index (κ2) is 5.95. The molecule has 4 aromatic rings. The number of nitrogens with zero attached hydrogens (tertiary/aromatic N) is 1. The van der Waals surface area contributed by atoms with Crippen LogP contribution in [0.4, 0.5) is 0 Å². The molecule has 0 radical (unpaired) electrons. The van der Waals surface area contributed by atoms with Gasteiger partial charge in [-0.2, -0.15) is 0 Å². The number of fused-ring (bicyclic) bond motifs is 2. The van der Waals surface area contributed by atoms with E-state index in [0.717, 1.165) is 16.9 Å². The fourth-order valence-electron chi connectivity index (χ4n) is 5.05. The molecule has 0 atom stereocenters. The topological polar surface area (TPSA) is 26.0 Å². The van der Waals surface area contributed by atoms with Gasteiger partial charge in [-0.1, -0.05) is 71.9 Å². The summed E-state index contributed by atoms with van der Waals surface area (Å²) in [5.41, 5.74) is 10.6. The van der Waals surface area contributed by atoms with E-state index in [0.29, 0.717) is 11.8 Å². The SMILES string of the molecule is Cc1cnc2c(c1)C(C)(C)c1ccc(C(C)C)c3oc4c(C(C)C)ccc-2c4c13. The number of aryl methyl sites for hydroxylation is 1. The maximum atomic E-state index is 6.70. The lowest BCUT2D eigenvalue weighted by molar-refractivity contribution is 0.632. The molecule has 0 fully saturated rings. The van der Waals surface area contributed by atoms with Crippen LogP contribution in [0, 0.1) is 6.92 Å². The molecule has 2 heteroatoms. The molecule has 2 nitrogen and oxygen atoms in total. The van der Waals surface area contributed by atoms with Gasteiger partial charge in [-0.15, -0.1) is 0 Å². The van der Waals surface area contributed by atoms with Crippen molar-refractivity contribution < 1.29 is 4.42 Å². The molecule has 0 N–H and O–H groups in total. The molecular weight excluding hydrogens is 354 g/mol. The van der Waals surface area contributed by atoms with Crippen LogP contribution in [0.25, 0.3) is 33.2 Å². The van der Waals surface area contributed by atoms with Crippen molar-refractivity contribution in [2.45, 2.75) is 65.7 Å². The van der Waals surface area contributed by atoms with Crippen molar-refractivity contribution >= 4 is 21.9 Å². The Kier molecular flexibility index (Phi) is 3.78. The molecule has 29 heavy (non-hydrogen) atoms. The zero-order chi connectivity index (χ0) is 20.7. The average molecular weight is 384 g/mol. The van der Waals surface area contributed by atoms with Gasteiger partial charge in [0.05, 0.1) is 5.69 Å². The third-order valence-electron chi connectivity index (χ3n) is 6.70. The first-order valence-corrected chi connectivity index (χ1v) is 10.7. The number of pyridine rings is 1. The summed E-state index contributed by atoms with van der Waals surface area (Å²) in [5, 5.41) is 2.52. The number of hydrogen-bond donors (Lipinski definition) is 0. The lowest BCUT2D eigenvalue weighted by Crippen LogP contribution is -2.20. The van der Waals surface area contributed by atoms with Gasteiger partial charge in [0.25, 0.3) is 0 Å². The lowest BCUT2D eigenvalue weighted by Gasteiger charge is -2.28. The van der Waals surface area contributed by atoms with Crippen molar-refractivity contribution in [3.05, 3.63) is 64.3 Å². The van der Waals surface area contributed by atoms with Crippen LogP contribution in [0.15, 0.2) is 40.9 Å². The minimum Gasteiger partial charge on any atom is -0.455 e. The van der Waals surface area contributed by atoms with E-state index in [1.807, 2.05) is 6.20 Å². The predicted octanol–water partition coefficient (Wildman–Crippen LogP) is 7.84. The highest BCUT2D eigenvalue weighted by Gasteiger charge is 2.36. The second-order valence-electron chi connectivity index (χ2n) is 9.76. The normalized spacial score (nSPS) is 14.9. The van der Waals surface area contributed by atoms with E-state index in [2.05, 4.69) is 78.8 Å². The molecule has 0 amide bonds.